The quantitative estimate of drug-likeness (QED) is 0.907. The first-order valence-corrected chi connectivity index (χ1v) is 6.93. The summed E-state index contributed by atoms with van der Waals surface area (Å²) in [5.41, 5.74) is 2.69. The van der Waals surface area contributed by atoms with E-state index in [1.807, 2.05) is 30.3 Å². The zero-order valence-corrected chi connectivity index (χ0v) is 10.9. The molecule has 3 nitrogen and oxygen atoms in total. The fourth-order valence-corrected chi connectivity index (χ4v) is 2.09. The molecule has 1 aromatic carbocycles. The molecule has 4 heteroatoms. The predicted molar refractivity (Wildman–Crippen MR) is 75.9 cm³/mol. The van der Waals surface area contributed by atoms with Gasteiger partial charge in [0.05, 0.1) is 0 Å². The number of benzene rings is 1. The molecular formula is C14H13N3S. The van der Waals surface area contributed by atoms with Gasteiger partial charge in [0.15, 0.2) is 0 Å². The highest BCUT2D eigenvalue weighted by atomic mass is 32.2. The second kappa shape index (κ2) is 6.08. The number of anilines is 2. The summed E-state index contributed by atoms with van der Waals surface area (Å²) in [6.07, 6.45) is 2.09. The van der Waals surface area contributed by atoms with Gasteiger partial charge in [0.1, 0.15) is 17.6 Å². The molecule has 1 N–H and O–H groups in total. The molecule has 0 amide bonds. The number of nitrogens with one attached hydrogen (secondary N) is 1. The molecule has 0 saturated heterocycles. The first kappa shape index (κ1) is 12.5. The Morgan fingerprint density at radius 1 is 1.22 bits per heavy atom. The summed E-state index contributed by atoms with van der Waals surface area (Å²) in [7, 11) is 0. The first-order valence-electron chi connectivity index (χ1n) is 5.54. The van der Waals surface area contributed by atoms with Gasteiger partial charge in [-0.15, -0.1) is 0 Å². The molecular weight excluding hydrogens is 242 g/mol. The van der Waals surface area contributed by atoms with Crippen LogP contribution in [0.25, 0.3) is 0 Å². The predicted octanol–water partition coefficient (Wildman–Crippen LogP) is 3.56. The Balaban J connectivity index is 2.11. The van der Waals surface area contributed by atoms with Crippen LogP contribution < -0.4 is 5.32 Å². The fourth-order valence-electron chi connectivity index (χ4n) is 1.57. The summed E-state index contributed by atoms with van der Waals surface area (Å²) >= 11 is 1.80. The average molecular weight is 255 g/mol. The Kier molecular flexibility index (Phi) is 4.21. The summed E-state index contributed by atoms with van der Waals surface area (Å²) in [4.78, 5) is 4.17. The van der Waals surface area contributed by atoms with E-state index in [9.17, 15) is 0 Å². The highest BCUT2D eigenvalue weighted by Crippen LogP contribution is 2.17. The summed E-state index contributed by atoms with van der Waals surface area (Å²) in [6, 6.07) is 15.6. The van der Waals surface area contributed by atoms with Crippen LogP contribution in [-0.2, 0) is 5.75 Å². The van der Waals surface area contributed by atoms with Crippen LogP contribution in [0.2, 0.25) is 0 Å². The van der Waals surface area contributed by atoms with Gasteiger partial charge in [-0.1, -0.05) is 18.2 Å². The van der Waals surface area contributed by atoms with Crippen LogP contribution in [0.4, 0.5) is 11.5 Å². The molecule has 0 spiro atoms. The second-order valence-corrected chi connectivity index (χ2v) is 4.64. The molecule has 1 aromatic heterocycles. The first-order chi connectivity index (χ1) is 8.81. The minimum atomic E-state index is 0.416. The van der Waals surface area contributed by atoms with Crippen molar-refractivity contribution in [1.29, 1.82) is 5.26 Å². The smallest absolute Gasteiger partial charge is 0.142 e. The highest BCUT2D eigenvalue weighted by molar-refractivity contribution is 7.97. The maximum atomic E-state index is 8.78. The molecule has 0 aliphatic rings. The van der Waals surface area contributed by atoms with Crippen LogP contribution in [-0.4, -0.2) is 11.2 Å². The molecule has 2 rings (SSSR count). The summed E-state index contributed by atoms with van der Waals surface area (Å²) < 4.78 is 0. The van der Waals surface area contributed by atoms with E-state index in [-0.39, 0.29) is 0 Å². The zero-order chi connectivity index (χ0) is 12.8. The van der Waals surface area contributed by atoms with Crippen molar-refractivity contribution in [3.8, 4) is 6.07 Å². The van der Waals surface area contributed by atoms with E-state index in [0.717, 1.165) is 11.4 Å². The van der Waals surface area contributed by atoms with Crippen molar-refractivity contribution in [1.82, 2.24) is 4.98 Å². The van der Waals surface area contributed by atoms with Gasteiger partial charge in [-0.25, -0.2) is 4.98 Å². The lowest BCUT2D eigenvalue weighted by atomic mass is 10.2. The van der Waals surface area contributed by atoms with E-state index in [1.54, 1.807) is 17.8 Å². The van der Waals surface area contributed by atoms with Gasteiger partial charge in [0.25, 0.3) is 0 Å². The topological polar surface area (TPSA) is 48.7 Å². The Morgan fingerprint density at radius 3 is 2.67 bits per heavy atom. The van der Waals surface area contributed by atoms with Crippen molar-refractivity contribution in [2.75, 3.05) is 11.6 Å². The number of nitrogens with zero attached hydrogens (tertiary/aromatic N) is 2. The van der Waals surface area contributed by atoms with Crippen LogP contribution in [0, 0.1) is 11.3 Å². The maximum absolute atomic E-state index is 8.78. The second-order valence-electron chi connectivity index (χ2n) is 3.77. The monoisotopic (exact) mass is 255 g/mol. The Bertz CT molecular complexity index is 558. The molecule has 18 heavy (non-hydrogen) atoms. The van der Waals surface area contributed by atoms with Gasteiger partial charge in [-0.05, 0) is 36.1 Å². The third-order valence-corrected chi connectivity index (χ3v) is 3.02. The van der Waals surface area contributed by atoms with E-state index in [0.29, 0.717) is 11.5 Å². The van der Waals surface area contributed by atoms with Gasteiger partial charge < -0.3 is 5.32 Å². The maximum Gasteiger partial charge on any atom is 0.142 e. The SMILES string of the molecule is CSCc1ccc(Nc2cccc(C#N)n2)cc1. The average Bonchev–Trinajstić information content (AvgIpc) is 2.42. The molecule has 90 valence electrons. The molecule has 0 aliphatic carbocycles. The van der Waals surface area contributed by atoms with Gasteiger partial charge >= 0.3 is 0 Å². The normalized spacial score (nSPS) is 9.78. The molecule has 0 unspecified atom stereocenters. The van der Waals surface area contributed by atoms with E-state index in [4.69, 9.17) is 5.26 Å². The number of hydrogen-bond donors (Lipinski definition) is 1. The third kappa shape index (κ3) is 3.25. The lowest BCUT2D eigenvalue weighted by Crippen LogP contribution is -1.94. The van der Waals surface area contributed by atoms with Gasteiger partial charge in [0, 0.05) is 11.4 Å². The Hall–Kier alpha value is -1.99. The molecule has 0 atom stereocenters. The molecule has 0 radical (unpaired) electrons. The van der Waals surface area contributed by atoms with Crippen LogP contribution in [0.5, 0.6) is 0 Å². The molecule has 0 bridgehead atoms. The minimum absolute atomic E-state index is 0.416. The number of hydrogen-bond acceptors (Lipinski definition) is 4. The number of pyridine rings is 1. The standard InChI is InChI=1S/C14H13N3S/c1-18-10-11-5-7-12(8-6-11)16-14-4-2-3-13(9-15)17-14/h2-8H,10H2,1H3,(H,16,17). The Morgan fingerprint density at radius 2 is 2.00 bits per heavy atom. The summed E-state index contributed by atoms with van der Waals surface area (Å²) in [5.74, 6) is 1.70. The minimum Gasteiger partial charge on any atom is -0.340 e. The third-order valence-electron chi connectivity index (χ3n) is 2.40. The molecule has 0 aliphatic heterocycles. The Labute approximate surface area is 111 Å². The van der Waals surface area contributed by atoms with Crippen molar-refractivity contribution >= 4 is 23.3 Å². The van der Waals surface area contributed by atoms with Crippen molar-refractivity contribution in [3.63, 3.8) is 0 Å². The van der Waals surface area contributed by atoms with E-state index < -0.39 is 0 Å². The van der Waals surface area contributed by atoms with Crippen molar-refractivity contribution in [3.05, 3.63) is 53.7 Å². The van der Waals surface area contributed by atoms with E-state index >= 15 is 0 Å². The van der Waals surface area contributed by atoms with Crippen LogP contribution in [0.1, 0.15) is 11.3 Å². The number of rotatable bonds is 4. The lowest BCUT2D eigenvalue weighted by Gasteiger charge is -2.06. The van der Waals surface area contributed by atoms with Crippen LogP contribution >= 0.6 is 11.8 Å². The molecule has 0 saturated carbocycles. The van der Waals surface area contributed by atoms with E-state index in [2.05, 4.69) is 28.7 Å². The van der Waals surface area contributed by atoms with Crippen molar-refractivity contribution in [2.45, 2.75) is 5.75 Å². The van der Waals surface area contributed by atoms with Gasteiger partial charge in [-0.3, -0.25) is 0 Å². The van der Waals surface area contributed by atoms with Crippen molar-refractivity contribution < 1.29 is 0 Å². The van der Waals surface area contributed by atoms with Crippen LogP contribution in [0.3, 0.4) is 0 Å². The largest absolute Gasteiger partial charge is 0.340 e. The molecule has 2 aromatic rings. The number of nitriles is 1. The van der Waals surface area contributed by atoms with Crippen LogP contribution in [0.15, 0.2) is 42.5 Å². The van der Waals surface area contributed by atoms with Crippen molar-refractivity contribution in [2.24, 2.45) is 0 Å². The molecule has 1 heterocycles. The fraction of sp³-hybridized carbons (Fsp3) is 0.143. The summed E-state index contributed by atoms with van der Waals surface area (Å²) in [6.45, 7) is 0. The van der Waals surface area contributed by atoms with Gasteiger partial charge in [0.2, 0.25) is 0 Å². The number of aromatic nitrogens is 1. The molecule has 0 fully saturated rings. The highest BCUT2D eigenvalue weighted by Gasteiger charge is 1.98. The van der Waals surface area contributed by atoms with E-state index in [1.165, 1.54) is 5.56 Å². The number of thioether (sulfide) groups is 1. The zero-order valence-electron chi connectivity index (χ0n) is 10.1. The lowest BCUT2D eigenvalue weighted by molar-refractivity contribution is 1.25. The summed E-state index contributed by atoms with van der Waals surface area (Å²) in [5, 5.41) is 12.0. The van der Waals surface area contributed by atoms with Gasteiger partial charge in [-0.2, -0.15) is 17.0 Å².